The molecule has 0 aliphatic heterocycles. The van der Waals surface area contributed by atoms with Gasteiger partial charge in [0, 0.05) is 6.20 Å². The summed E-state index contributed by atoms with van der Waals surface area (Å²) in [4.78, 5) is 16.0. The highest BCUT2D eigenvalue weighted by atomic mass is 19.4. The van der Waals surface area contributed by atoms with Gasteiger partial charge in [-0.3, -0.25) is 0 Å². The highest BCUT2D eigenvalue weighted by Crippen LogP contribution is 2.28. The van der Waals surface area contributed by atoms with Crippen molar-refractivity contribution in [2.75, 3.05) is 20.3 Å². The molecule has 0 bridgehead atoms. The predicted octanol–water partition coefficient (Wildman–Crippen LogP) is 3.84. The molecule has 0 aliphatic carbocycles. The first-order valence-electron chi connectivity index (χ1n) is 8.82. The first kappa shape index (κ1) is 21.2. The zero-order valence-electron chi connectivity index (χ0n) is 16.1. The first-order valence-corrected chi connectivity index (χ1v) is 8.82. The number of pyridine rings is 1. The summed E-state index contributed by atoms with van der Waals surface area (Å²) in [6.45, 7) is 1.75. The normalized spacial score (nSPS) is 11.2. The molecule has 0 amide bonds. The number of halogens is 3. The minimum atomic E-state index is -4.48. The maximum atomic E-state index is 12.7. The van der Waals surface area contributed by atoms with Crippen LogP contribution in [0.2, 0.25) is 0 Å². The highest BCUT2D eigenvalue weighted by molar-refractivity contribution is 5.90. The lowest BCUT2D eigenvalue weighted by Crippen LogP contribution is -2.13. The Morgan fingerprint density at radius 3 is 2.33 bits per heavy atom. The number of carbonyl (C=O) groups is 1. The zero-order valence-corrected chi connectivity index (χ0v) is 16.1. The lowest BCUT2D eigenvalue weighted by Gasteiger charge is -2.09. The second kappa shape index (κ2) is 8.85. The van der Waals surface area contributed by atoms with E-state index in [1.807, 2.05) is 0 Å². The van der Waals surface area contributed by atoms with E-state index in [0.29, 0.717) is 23.4 Å². The first-order chi connectivity index (χ1) is 14.3. The van der Waals surface area contributed by atoms with Gasteiger partial charge in [-0.2, -0.15) is 18.3 Å². The van der Waals surface area contributed by atoms with E-state index >= 15 is 0 Å². The molecule has 0 atom stereocenters. The third-order valence-corrected chi connectivity index (χ3v) is 4.17. The third kappa shape index (κ3) is 4.88. The maximum Gasteiger partial charge on any atom is 0.417 e. The minimum Gasteiger partial charge on any atom is -0.497 e. The highest BCUT2D eigenvalue weighted by Gasteiger charge is 2.30. The predicted molar refractivity (Wildman–Crippen MR) is 99.9 cm³/mol. The van der Waals surface area contributed by atoms with Gasteiger partial charge in [0.1, 0.15) is 30.3 Å². The van der Waals surface area contributed by atoms with E-state index in [-0.39, 0.29) is 24.6 Å². The molecule has 0 unspecified atom stereocenters. The second-order valence-corrected chi connectivity index (χ2v) is 6.12. The van der Waals surface area contributed by atoms with Gasteiger partial charge in [0.15, 0.2) is 5.82 Å². The van der Waals surface area contributed by atoms with Crippen molar-refractivity contribution < 1.29 is 32.2 Å². The van der Waals surface area contributed by atoms with Crippen LogP contribution in [0, 0.1) is 6.92 Å². The smallest absolute Gasteiger partial charge is 0.417 e. The molecule has 0 saturated heterocycles. The third-order valence-electron chi connectivity index (χ3n) is 4.17. The van der Waals surface area contributed by atoms with Crippen molar-refractivity contribution in [3.63, 3.8) is 0 Å². The minimum absolute atomic E-state index is 0.00795. The SMILES string of the molecule is COc1ccc(OCCOC(=O)c2cnn(-c3ccc(C(F)(F)F)cn3)c2C)cc1. The summed E-state index contributed by atoms with van der Waals surface area (Å²) in [6.07, 6.45) is -2.49. The number of alkyl halides is 3. The fraction of sp³-hybridized carbons (Fsp3) is 0.250. The molecule has 7 nitrogen and oxygen atoms in total. The van der Waals surface area contributed by atoms with Crippen molar-refractivity contribution in [2.24, 2.45) is 0 Å². The Morgan fingerprint density at radius 1 is 1.03 bits per heavy atom. The molecule has 3 aromatic rings. The monoisotopic (exact) mass is 421 g/mol. The molecule has 0 fully saturated rings. The van der Waals surface area contributed by atoms with Crippen LogP contribution in [-0.4, -0.2) is 41.1 Å². The maximum absolute atomic E-state index is 12.7. The lowest BCUT2D eigenvalue weighted by molar-refractivity contribution is -0.137. The summed E-state index contributed by atoms with van der Waals surface area (Å²) in [5.74, 6) is 0.833. The quantitative estimate of drug-likeness (QED) is 0.426. The molecule has 30 heavy (non-hydrogen) atoms. The van der Waals surface area contributed by atoms with Gasteiger partial charge in [-0.1, -0.05) is 0 Å². The Labute approximate surface area is 170 Å². The Balaban J connectivity index is 1.57. The summed E-state index contributed by atoms with van der Waals surface area (Å²) in [5.41, 5.74) is -0.294. The summed E-state index contributed by atoms with van der Waals surface area (Å²) in [7, 11) is 1.56. The van der Waals surface area contributed by atoms with Crippen LogP contribution in [0.4, 0.5) is 13.2 Å². The van der Waals surface area contributed by atoms with E-state index in [0.717, 1.165) is 6.07 Å². The van der Waals surface area contributed by atoms with Crippen molar-refractivity contribution in [3.05, 3.63) is 65.6 Å². The van der Waals surface area contributed by atoms with Crippen LogP contribution in [0.25, 0.3) is 5.82 Å². The van der Waals surface area contributed by atoms with Crippen LogP contribution in [0.15, 0.2) is 48.8 Å². The zero-order chi connectivity index (χ0) is 21.7. The molecule has 0 N–H and O–H groups in total. The topological polar surface area (TPSA) is 75.5 Å². The molecule has 3 rings (SSSR count). The van der Waals surface area contributed by atoms with E-state index in [4.69, 9.17) is 14.2 Å². The van der Waals surface area contributed by atoms with E-state index < -0.39 is 17.7 Å². The van der Waals surface area contributed by atoms with Gasteiger partial charge in [0.2, 0.25) is 0 Å². The van der Waals surface area contributed by atoms with Gasteiger partial charge in [-0.05, 0) is 43.3 Å². The number of hydrogen-bond acceptors (Lipinski definition) is 6. The summed E-state index contributed by atoms with van der Waals surface area (Å²) in [6, 6.07) is 9.03. The number of nitrogens with zero attached hydrogens (tertiary/aromatic N) is 3. The van der Waals surface area contributed by atoms with E-state index in [1.54, 1.807) is 38.3 Å². The Kier molecular flexibility index (Phi) is 6.24. The molecule has 2 aromatic heterocycles. The standard InChI is InChI=1S/C20H18F3N3O4/c1-13-17(12-25-26(13)18-8-3-14(11-24-18)20(21,22)23)19(27)30-10-9-29-16-6-4-15(28-2)5-7-16/h3-8,11-12H,9-10H2,1-2H3. The lowest BCUT2D eigenvalue weighted by atomic mass is 10.2. The summed E-state index contributed by atoms with van der Waals surface area (Å²) in [5, 5.41) is 4.02. The molecular formula is C20H18F3N3O4. The number of ether oxygens (including phenoxy) is 3. The molecule has 1 aromatic carbocycles. The van der Waals surface area contributed by atoms with Gasteiger partial charge >= 0.3 is 12.1 Å². The van der Waals surface area contributed by atoms with Gasteiger partial charge in [-0.15, -0.1) is 0 Å². The fourth-order valence-corrected chi connectivity index (χ4v) is 2.56. The van der Waals surface area contributed by atoms with Gasteiger partial charge in [0.25, 0.3) is 0 Å². The molecule has 2 heterocycles. The Hall–Kier alpha value is -3.56. The largest absolute Gasteiger partial charge is 0.497 e. The molecule has 0 saturated carbocycles. The van der Waals surface area contributed by atoms with Crippen LogP contribution < -0.4 is 9.47 Å². The van der Waals surface area contributed by atoms with Crippen LogP contribution in [0.3, 0.4) is 0 Å². The van der Waals surface area contributed by atoms with Gasteiger partial charge in [-0.25, -0.2) is 14.5 Å². The van der Waals surface area contributed by atoms with Crippen molar-refractivity contribution in [1.29, 1.82) is 0 Å². The molecular weight excluding hydrogens is 403 g/mol. The number of rotatable bonds is 7. The van der Waals surface area contributed by atoms with Crippen LogP contribution >= 0.6 is 0 Å². The number of carbonyl (C=O) groups excluding carboxylic acids is 1. The number of methoxy groups -OCH3 is 1. The number of aromatic nitrogens is 3. The Morgan fingerprint density at radius 2 is 1.73 bits per heavy atom. The average Bonchev–Trinajstić information content (AvgIpc) is 3.12. The van der Waals surface area contributed by atoms with Gasteiger partial charge < -0.3 is 14.2 Å². The van der Waals surface area contributed by atoms with Crippen molar-refractivity contribution in [1.82, 2.24) is 14.8 Å². The number of hydrogen-bond donors (Lipinski definition) is 0. The van der Waals surface area contributed by atoms with Crippen molar-refractivity contribution >= 4 is 5.97 Å². The number of esters is 1. The molecule has 0 spiro atoms. The van der Waals surface area contributed by atoms with E-state index in [2.05, 4.69) is 10.1 Å². The molecule has 0 aliphatic rings. The van der Waals surface area contributed by atoms with Crippen molar-refractivity contribution in [2.45, 2.75) is 13.1 Å². The molecule has 158 valence electrons. The van der Waals surface area contributed by atoms with Crippen LogP contribution in [0.5, 0.6) is 11.5 Å². The number of benzene rings is 1. The molecule has 10 heteroatoms. The summed E-state index contributed by atoms with van der Waals surface area (Å²) < 4.78 is 55.0. The Bertz CT molecular complexity index is 1000. The van der Waals surface area contributed by atoms with Crippen LogP contribution in [-0.2, 0) is 10.9 Å². The van der Waals surface area contributed by atoms with Crippen LogP contribution in [0.1, 0.15) is 21.6 Å². The average molecular weight is 421 g/mol. The van der Waals surface area contributed by atoms with E-state index in [1.165, 1.54) is 16.9 Å². The molecule has 0 radical (unpaired) electrons. The fourth-order valence-electron chi connectivity index (χ4n) is 2.56. The summed E-state index contributed by atoms with van der Waals surface area (Å²) >= 11 is 0. The van der Waals surface area contributed by atoms with Crippen molar-refractivity contribution in [3.8, 4) is 17.3 Å². The second-order valence-electron chi connectivity index (χ2n) is 6.12. The van der Waals surface area contributed by atoms with E-state index in [9.17, 15) is 18.0 Å². The van der Waals surface area contributed by atoms with Gasteiger partial charge in [0.05, 0.1) is 24.6 Å².